The molecular weight excluding hydrogens is 449 g/mol. The number of halogens is 2. The van der Waals surface area contributed by atoms with Gasteiger partial charge < -0.3 is 15.2 Å². The van der Waals surface area contributed by atoms with E-state index in [1.54, 1.807) is 24.3 Å². The van der Waals surface area contributed by atoms with E-state index in [0.29, 0.717) is 28.8 Å². The molecule has 158 valence electrons. The van der Waals surface area contributed by atoms with Crippen molar-refractivity contribution >= 4 is 63.3 Å². The number of phenolic OH excluding ortho intramolecular Hbond substituents is 1. The number of hydrogen-bond donors (Lipinski definition) is 2. The van der Waals surface area contributed by atoms with Crippen molar-refractivity contribution in [2.75, 3.05) is 19.0 Å². The van der Waals surface area contributed by atoms with Crippen LogP contribution in [-0.2, 0) is 9.59 Å². The van der Waals surface area contributed by atoms with Crippen molar-refractivity contribution in [1.82, 2.24) is 4.90 Å². The van der Waals surface area contributed by atoms with Gasteiger partial charge in [0.1, 0.15) is 11.0 Å². The first kappa shape index (κ1) is 22.3. The van der Waals surface area contributed by atoms with Crippen LogP contribution in [0.3, 0.4) is 0 Å². The number of carbonyl (C=O) groups is 2. The molecular formula is C20H19Cl2N3O4S. The lowest BCUT2D eigenvalue weighted by molar-refractivity contribution is -0.128. The molecule has 1 unspecified atom stereocenters. The van der Waals surface area contributed by atoms with Crippen LogP contribution in [0.2, 0.25) is 10.0 Å². The lowest BCUT2D eigenvalue weighted by atomic mass is 10.2. The van der Waals surface area contributed by atoms with E-state index in [-0.39, 0.29) is 34.0 Å². The molecule has 1 aliphatic heterocycles. The van der Waals surface area contributed by atoms with Gasteiger partial charge in [-0.3, -0.25) is 14.5 Å². The van der Waals surface area contributed by atoms with Crippen molar-refractivity contribution in [2.24, 2.45) is 4.99 Å². The Morgan fingerprint density at radius 1 is 1.30 bits per heavy atom. The molecule has 2 aromatic carbocycles. The molecule has 1 saturated heterocycles. The topological polar surface area (TPSA) is 91.2 Å². The monoisotopic (exact) mass is 467 g/mol. The van der Waals surface area contributed by atoms with E-state index in [2.05, 4.69) is 10.3 Å². The minimum Gasteiger partial charge on any atom is -0.505 e. The molecule has 0 spiro atoms. The van der Waals surface area contributed by atoms with E-state index in [1.807, 2.05) is 6.92 Å². The minimum atomic E-state index is -0.610. The summed E-state index contributed by atoms with van der Waals surface area (Å²) in [7, 11) is 1.52. The van der Waals surface area contributed by atoms with Crippen LogP contribution in [0.4, 0.5) is 11.4 Å². The molecule has 1 aliphatic rings. The molecule has 3 rings (SSSR count). The van der Waals surface area contributed by atoms with Gasteiger partial charge in [0.15, 0.2) is 10.9 Å². The summed E-state index contributed by atoms with van der Waals surface area (Å²) in [6.07, 6.45) is -0.0197. The molecule has 0 aromatic heterocycles. The number of nitrogens with one attached hydrogen (secondary N) is 1. The summed E-state index contributed by atoms with van der Waals surface area (Å²) in [4.78, 5) is 31.2. The quantitative estimate of drug-likeness (QED) is 0.642. The first-order valence-corrected chi connectivity index (χ1v) is 10.6. The summed E-state index contributed by atoms with van der Waals surface area (Å²) >= 11 is 13.1. The van der Waals surface area contributed by atoms with Crippen LogP contribution in [0.5, 0.6) is 11.5 Å². The van der Waals surface area contributed by atoms with Gasteiger partial charge in [-0.05, 0) is 31.2 Å². The molecule has 2 aromatic rings. The number of rotatable bonds is 6. The van der Waals surface area contributed by atoms with E-state index >= 15 is 0 Å². The zero-order valence-electron chi connectivity index (χ0n) is 16.2. The van der Waals surface area contributed by atoms with Crippen LogP contribution >= 0.6 is 35.0 Å². The highest BCUT2D eigenvalue weighted by atomic mass is 35.5. The second kappa shape index (κ2) is 9.59. The van der Waals surface area contributed by atoms with Crippen LogP contribution in [0.1, 0.15) is 13.3 Å². The number of aromatic hydroxyl groups is 1. The number of amides is 2. The summed E-state index contributed by atoms with van der Waals surface area (Å²) in [6, 6.07) is 9.96. The highest BCUT2D eigenvalue weighted by Gasteiger charge is 2.38. The van der Waals surface area contributed by atoms with E-state index in [9.17, 15) is 14.7 Å². The zero-order chi connectivity index (χ0) is 21.8. The van der Waals surface area contributed by atoms with Crippen molar-refractivity contribution in [3.8, 4) is 11.5 Å². The van der Waals surface area contributed by atoms with Crippen molar-refractivity contribution in [1.29, 1.82) is 0 Å². The number of amidine groups is 1. The lowest BCUT2D eigenvalue weighted by Crippen LogP contribution is -2.33. The van der Waals surface area contributed by atoms with E-state index in [0.717, 1.165) is 0 Å². The number of nitrogens with zero attached hydrogens (tertiary/aromatic N) is 2. The maximum absolute atomic E-state index is 12.8. The number of para-hydroxylation sites is 2. The smallest absolute Gasteiger partial charge is 0.242 e. The number of carbonyl (C=O) groups excluding carboxylic acids is 2. The predicted octanol–water partition coefficient (Wildman–Crippen LogP) is 4.69. The van der Waals surface area contributed by atoms with Crippen LogP contribution in [-0.4, -0.2) is 45.9 Å². The molecule has 30 heavy (non-hydrogen) atoms. The molecule has 0 saturated carbocycles. The number of hydrogen-bond acceptors (Lipinski definition) is 6. The predicted molar refractivity (Wildman–Crippen MR) is 120 cm³/mol. The molecule has 1 atom stereocenters. The molecule has 2 N–H and O–H groups in total. The Balaban J connectivity index is 1.76. The van der Waals surface area contributed by atoms with Crippen molar-refractivity contribution in [2.45, 2.75) is 18.6 Å². The Hall–Kier alpha value is -2.42. The van der Waals surface area contributed by atoms with Crippen LogP contribution < -0.4 is 10.1 Å². The number of thioether (sulfide) groups is 1. The highest BCUT2D eigenvalue weighted by molar-refractivity contribution is 8.15. The molecule has 2 amide bonds. The number of benzene rings is 2. The largest absolute Gasteiger partial charge is 0.505 e. The fourth-order valence-corrected chi connectivity index (χ4v) is 4.56. The first-order valence-electron chi connectivity index (χ1n) is 9.01. The third-order valence-corrected chi connectivity index (χ3v) is 6.07. The average Bonchev–Trinajstić information content (AvgIpc) is 3.00. The number of aliphatic imine (C=N–C) groups is 1. The van der Waals surface area contributed by atoms with Gasteiger partial charge in [-0.25, -0.2) is 4.99 Å². The van der Waals surface area contributed by atoms with Crippen LogP contribution in [0.15, 0.2) is 41.4 Å². The highest BCUT2D eigenvalue weighted by Crippen LogP contribution is 2.38. The number of phenols is 1. The Morgan fingerprint density at radius 2 is 1.97 bits per heavy atom. The van der Waals surface area contributed by atoms with Gasteiger partial charge in [0.25, 0.3) is 0 Å². The van der Waals surface area contributed by atoms with Crippen LogP contribution in [0.25, 0.3) is 0 Å². The summed E-state index contributed by atoms with van der Waals surface area (Å²) in [5.41, 5.74) is 0.936. The van der Waals surface area contributed by atoms with Gasteiger partial charge in [-0.1, -0.05) is 47.1 Å². The van der Waals surface area contributed by atoms with E-state index in [1.165, 1.54) is 35.9 Å². The Kier molecular flexibility index (Phi) is 7.12. The summed E-state index contributed by atoms with van der Waals surface area (Å²) in [5.74, 6) is -0.198. The summed E-state index contributed by atoms with van der Waals surface area (Å²) in [5, 5.41) is 12.4. The number of methoxy groups -OCH3 is 1. The normalized spacial score (nSPS) is 17.5. The molecule has 1 heterocycles. The van der Waals surface area contributed by atoms with Gasteiger partial charge in [0, 0.05) is 13.0 Å². The third kappa shape index (κ3) is 4.83. The van der Waals surface area contributed by atoms with Gasteiger partial charge in [-0.15, -0.1) is 0 Å². The fourth-order valence-electron chi connectivity index (χ4n) is 2.86. The molecule has 10 heteroatoms. The number of anilines is 1. The van der Waals surface area contributed by atoms with Gasteiger partial charge in [-0.2, -0.15) is 0 Å². The third-order valence-electron chi connectivity index (χ3n) is 4.31. The van der Waals surface area contributed by atoms with E-state index in [4.69, 9.17) is 27.9 Å². The fraction of sp³-hybridized carbons (Fsp3) is 0.250. The van der Waals surface area contributed by atoms with Gasteiger partial charge >= 0.3 is 0 Å². The molecule has 1 fully saturated rings. The average molecular weight is 468 g/mol. The van der Waals surface area contributed by atoms with Crippen molar-refractivity contribution < 1.29 is 19.4 Å². The summed E-state index contributed by atoms with van der Waals surface area (Å²) < 4.78 is 5.23. The Bertz CT molecular complexity index is 992. The van der Waals surface area contributed by atoms with Crippen molar-refractivity contribution in [3.05, 3.63) is 46.4 Å². The van der Waals surface area contributed by atoms with Crippen LogP contribution in [0, 0.1) is 0 Å². The molecule has 7 nitrogen and oxygen atoms in total. The van der Waals surface area contributed by atoms with Crippen molar-refractivity contribution in [3.63, 3.8) is 0 Å². The maximum atomic E-state index is 12.8. The lowest BCUT2D eigenvalue weighted by Gasteiger charge is -2.14. The molecule has 0 bridgehead atoms. The standard InChI is InChI=1S/C20H19Cl2N3O4S/c1-3-25-19(28)16(10-17(26)24-14-6-4-5-7-15(14)29-2)30-20(25)23-11-8-12(21)18(27)13(22)9-11/h4-9,16,27H,3,10H2,1-2H3,(H,24,26). The number of ether oxygens (including phenoxy) is 1. The first-order chi connectivity index (χ1) is 14.3. The maximum Gasteiger partial charge on any atom is 0.242 e. The van der Waals surface area contributed by atoms with Gasteiger partial charge in [0.2, 0.25) is 11.8 Å². The molecule has 0 aliphatic carbocycles. The second-order valence-corrected chi connectivity index (χ2v) is 8.28. The SMILES string of the molecule is CCN1C(=O)C(CC(=O)Nc2ccccc2OC)SC1=Nc1cc(Cl)c(O)c(Cl)c1. The second-order valence-electron chi connectivity index (χ2n) is 6.29. The Labute approximate surface area is 188 Å². The summed E-state index contributed by atoms with van der Waals surface area (Å²) in [6.45, 7) is 2.22. The van der Waals surface area contributed by atoms with E-state index < -0.39 is 5.25 Å². The van der Waals surface area contributed by atoms with Gasteiger partial charge in [0.05, 0.1) is 28.5 Å². The zero-order valence-corrected chi connectivity index (χ0v) is 18.5. The Morgan fingerprint density at radius 3 is 2.60 bits per heavy atom. The molecule has 0 radical (unpaired) electrons. The minimum absolute atomic E-state index is 0.0197.